The summed E-state index contributed by atoms with van der Waals surface area (Å²) in [5, 5.41) is 21.5. The van der Waals surface area contributed by atoms with Crippen LogP contribution in [0.3, 0.4) is 0 Å². The summed E-state index contributed by atoms with van der Waals surface area (Å²) in [5.74, 6) is -1.82. The Hall–Kier alpha value is -1.22. The molecule has 3 N–H and O–H groups in total. The average molecular weight is 392 g/mol. The third-order valence-electron chi connectivity index (χ3n) is 3.92. The van der Waals surface area contributed by atoms with Gasteiger partial charge >= 0.3 is 5.97 Å². The Labute approximate surface area is 162 Å². The van der Waals surface area contributed by atoms with Crippen LogP contribution in [0.2, 0.25) is 0 Å². The summed E-state index contributed by atoms with van der Waals surface area (Å²) in [6.45, 7) is 6.66. The Morgan fingerprint density at radius 3 is 2.11 bits per heavy atom. The normalized spacial score (nSPS) is 13.3. The van der Waals surface area contributed by atoms with Crippen LogP contribution in [-0.4, -0.2) is 66.4 Å². The minimum atomic E-state index is -1.50. The molecule has 0 aromatic carbocycles. The van der Waals surface area contributed by atoms with E-state index in [1.807, 2.05) is 27.7 Å². The second kappa shape index (κ2) is 13.0. The van der Waals surface area contributed by atoms with Gasteiger partial charge in [0.1, 0.15) is 6.61 Å². The zero-order valence-corrected chi connectivity index (χ0v) is 17.4. The van der Waals surface area contributed by atoms with Gasteiger partial charge in [0.05, 0.1) is 19.3 Å². The minimum Gasteiger partial charge on any atom is -0.463 e. The van der Waals surface area contributed by atoms with Crippen molar-refractivity contribution < 1.29 is 34.0 Å². The van der Waals surface area contributed by atoms with Crippen molar-refractivity contribution >= 4 is 11.9 Å². The van der Waals surface area contributed by atoms with Crippen LogP contribution in [0.1, 0.15) is 66.2 Å². The number of hydrogen-bond acceptors (Lipinski definition) is 7. The minimum absolute atomic E-state index is 0.0161. The number of carbonyl (C=O) groups is 2. The van der Waals surface area contributed by atoms with Gasteiger partial charge in [-0.25, -0.2) is 0 Å². The molecule has 0 aromatic heterocycles. The SMILES string of the molecule is CC[C@H](COC(=O)CCCCCC(=O)NC(C)(C)C)OC(CO)(CO)OC. The van der Waals surface area contributed by atoms with E-state index in [1.54, 1.807) is 0 Å². The maximum atomic E-state index is 11.8. The van der Waals surface area contributed by atoms with Crippen LogP contribution in [0.25, 0.3) is 0 Å². The van der Waals surface area contributed by atoms with Gasteiger partial charge in [0.15, 0.2) is 0 Å². The molecule has 0 heterocycles. The number of esters is 1. The molecule has 0 saturated carbocycles. The third kappa shape index (κ3) is 12.0. The number of aliphatic hydroxyl groups is 2. The van der Waals surface area contributed by atoms with E-state index in [4.69, 9.17) is 14.2 Å². The molecule has 8 heteroatoms. The Kier molecular flexibility index (Phi) is 12.5. The molecule has 1 amide bonds. The molecule has 0 aromatic rings. The number of ether oxygens (including phenoxy) is 3. The Morgan fingerprint density at radius 1 is 1.04 bits per heavy atom. The van der Waals surface area contributed by atoms with E-state index in [1.165, 1.54) is 7.11 Å². The Balaban J connectivity index is 4.03. The quantitative estimate of drug-likeness (QED) is 0.234. The van der Waals surface area contributed by atoms with Crippen LogP contribution in [-0.2, 0) is 23.8 Å². The van der Waals surface area contributed by atoms with E-state index in [9.17, 15) is 19.8 Å². The molecule has 8 nitrogen and oxygen atoms in total. The summed E-state index contributed by atoms with van der Waals surface area (Å²) in [4.78, 5) is 23.5. The van der Waals surface area contributed by atoms with Crippen LogP contribution in [0.15, 0.2) is 0 Å². The highest BCUT2D eigenvalue weighted by molar-refractivity contribution is 5.76. The zero-order valence-electron chi connectivity index (χ0n) is 17.4. The summed E-state index contributed by atoms with van der Waals surface area (Å²) in [5.41, 5.74) is -0.231. The zero-order chi connectivity index (χ0) is 20.9. The van der Waals surface area contributed by atoms with Crippen LogP contribution in [0.4, 0.5) is 0 Å². The lowest BCUT2D eigenvalue weighted by atomic mass is 10.1. The Morgan fingerprint density at radius 2 is 1.63 bits per heavy atom. The molecule has 0 rings (SSSR count). The molecule has 0 saturated heterocycles. The van der Waals surface area contributed by atoms with Gasteiger partial charge in [-0.1, -0.05) is 13.3 Å². The van der Waals surface area contributed by atoms with Crippen molar-refractivity contribution in [1.82, 2.24) is 5.32 Å². The van der Waals surface area contributed by atoms with Crippen LogP contribution in [0, 0.1) is 0 Å². The Bertz CT molecular complexity index is 422. The molecule has 0 spiro atoms. The molecule has 0 radical (unpaired) electrons. The topological polar surface area (TPSA) is 114 Å². The van der Waals surface area contributed by atoms with Gasteiger partial charge in [-0.2, -0.15) is 0 Å². The monoisotopic (exact) mass is 391 g/mol. The maximum Gasteiger partial charge on any atom is 0.305 e. The highest BCUT2D eigenvalue weighted by atomic mass is 16.7. The second-order valence-corrected chi connectivity index (χ2v) is 7.62. The van der Waals surface area contributed by atoms with Gasteiger partial charge in [-0.05, 0) is 40.0 Å². The number of carbonyl (C=O) groups excluding carboxylic acids is 2. The lowest BCUT2D eigenvalue weighted by Crippen LogP contribution is -2.46. The van der Waals surface area contributed by atoms with Crippen molar-refractivity contribution in [2.45, 2.75) is 83.6 Å². The van der Waals surface area contributed by atoms with Crippen molar-refractivity contribution in [3.63, 3.8) is 0 Å². The van der Waals surface area contributed by atoms with E-state index in [0.717, 1.165) is 12.8 Å². The molecular weight excluding hydrogens is 354 g/mol. The van der Waals surface area contributed by atoms with Crippen molar-refractivity contribution in [2.75, 3.05) is 26.9 Å². The first-order chi connectivity index (χ1) is 12.6. The first-order valence-corrected chi connectivity index (χ1v) is 9.52. The van der Waals surface area contributed by atoms with Gasteiger partial charge < -0.3 is 29.7 Å². The summed E-state index contributed by atoms with van der Waals surface area (Å²) < 4.78 is 15.8. The van der Waals surface area contributed by atoms with Gasteiger partial charge in [-0.15, -0.1) is 0 Å². The first kappa shape index (κ1) is 25.8. The number of amides is 1. The van der Waals surface area contributed by atoms with E-state index >= 15 is 0 Å². The molecule has 1 atom stereocenters. The number of rotatable bonds is 14. The standard InChI is InChI=1S/C19H37NO7/c1-6-15(27-19(13-21,14-22)25-5)12-26-17(24)11-9-7-8-10-16(23)20-18(2,3)4/h15,21-22H,6-14H2,1-5H3,(H,20,23)/t15-/m1/s1. The van der Waals surface area contributed by atoms with E-state index in [2.05, 4.69) is 5.32 Å². The van der Waals surface area contributed by atoms with Crippen molar-refractivity contribution in [2.24, 2.45) is 0 Å². The number of hydrogen-bond donors (Lipinski definition) is 3. The summed E-state index contributed by atoms with van der Waals surface area (Å²) in [6, 6.07) is 0. The highest BCUT2D eigenvalue weighted by Gasteiger charge is 2.32. The summed E-state index contributed by atoms with van der Waals surface area (Å²) in [6.07, 6.45) is 2.89. The fourth-order valence-electron chi connectivity index (χ4n) is 2.31. The van der Waals surface area contributed by atoms with Gasteiger partial charge in [-0.3, -0.25) is 9.59 Å². The predicted octanol–water partition coefficient (Wildman–Crippen LogP) is 1.52. The molecule has 160 valence electrons. The largest absolute Gasteiger partial charge is 0.463 e. The van der Waals surface area contributed by atoms with Gasteiger partial charge in [0.25, 0.3) is 0 Å². The van der Waals surface area contributed by atoms with E-state index in [0.29, 0.717) is 19.3 Å². The smallest absolute Gasteiger partial charge is 0.305 e. The predicted molar refractivity (Wildman–Crippen MR) is 101 cm³/mol. The molecule has 0 unspecified atom stereocenters. The molecule has 0 aliphatic carbocycles. The number of unbranched alkanes of at least 4 members (excludes halogenated alkanes) is 2. The lowest BCUT2D eigenvalue weighted by molar-refractivity contribution is -0.282. The van der Waals surface area contributed by atoms with Crippen LogP contribution in [0.5, 0.6) is 0 Å². The number of methoxy groups -OCH3 is 1. The van der Waals surface area contributed by atoms with Crippen molar-refractivity contribution in [1.29, 1.82) is 0 Å². The molecular formula is C19H37NO7. The van der Waals surface area contributed by atoms with E-state index in [-0.39, 0.29) is 30.4 Å². The van der Waals surface area contributed by atoms with Gasteiger partial charge in [0.2, 0.25) is 11.7 Å². The molecule has 0 bridgehead atoms. The third-order valence-corrected chi connectivity index (χ3v) is 3.92. The van der Waals surface area contributed by atoms with Gasteiger partial charge in [0, 0.05) is 25.5 Å². The van der Waals surface area contributed by atoms with Crippen molar-refractivity contribution in [3.8, 4) is 0 Å². The maximum absolute atomic E-state index is 11.8. The highest BCUT2D eigenvalue weighted by Crippen LogP contribution is 2.16. The second-order valence-electron chi connectivity index (χ2n) is 7.62. The fraction of sp³-hybridized carbons (Fsp3) is 0.895. The molecule has 27 heavy (non-hydrogen) atoms. The number of nitrogens with one attached hydrogen (secondary N) is 1. The summed E-state index contributed by atoms with van der Waals surface area (Å²) >= 11 is 0. The van der Waals surface area contributed by atoms with Crippen LogP contribution >= 0.6 is 0 Å². The fourth-order valence-corrected chi connectivity index (χ4v) is 2.31. The lowest BCUT2D eigenvalue weighted by Gasteiger charge is -2.32. The number of aliphatic hydroxyl groups excluding tert-OH is 2. The first-order valence-electron chi connectivity index (χ1n) is 9.52. The molecule has 0 fully saturated rings. The average Bonchev–Trinajstić information content (AvgIpc) is 2.61. The molecule has 0 aliphatic heterocycles. The summed E-state index contributed by atoms with van der Waals surface area (Å²) in [7, 11) is 1.33. The van der Waals surface area contributed by atoms with Crippen LogP contribution < -0.4 is 5.32 Å². The van der Waals surface area contributed by atoms with Crippen molar-refractivity contribution in [3.05, 3.63) is 0 Å². The molecule has 0 aliphatic rings. The van der Waals surface area contributed by atoms with E-state index < -0.39 is 25.1 Å².